The van der Waals surface area contributed by atoms with Gasteiger partial charge in [0, 0.05) is 13.6 Å². The zero-order chi connectivity index (χ0) is 13.7. The Bertz CT molecular complexity index is 409. The summed E-state index contributed by atoms with van der Waals surface area (Å²) in [5.41, 5.74) is 0. The van der Waals surface area contributed by atoms with Crippen LogP contribution < -0.4 is 15.4 Å². The smallest absolute Gasteiger partial charge is 0.323 e. The Morgan fingerprint density at radius 3 is 2.74 bits per heavy atom. The highest BCUT2D eigenvalue weighted by molar-refractivity contribution is 7.99. The summed E-state index contributed by atoms with van der Waals surface area (Å²) in [6.45, 7) is 4.80. The van der Waals surface area contributed by atoms with E-state index in [1.807, 2.05) is 25.6 Å². The first-order valence-corrected chi connectivity index (χ1v) is 7.75. The van der Waals surface area contributed by atoms with Gasteiger partial charge in [0.2, 0.25) is 11.9 Å². The second kappa shape index (κ2) is 6.79. The van der Waals surface area contributed by atoms with Gasteiger partial charge in [0.05, 0.1) is 6.10 Å². The molecule has 2 heterocycles. The zero-order valence-electron chi connectivity index (χ0n) is 11.6. The number of anilines is 2. The minimum atomic E-state index is 0.0474. The molecule has 0 spiro atoms. The summed E-state index contributed by atoms with van der Waals surface area (Å²) >= 11 is 2.01. The monoisotopic (exact) mass is 283 g/mol. The number of rotatable bonds is 6. The number of nitrogens with zero attached hydrogens (tertiary/aromatic N) is 3. The van der Waals surface area contributed by atoms with Crippen molar-refractivity contribution in [3.63, 3.8) is 0 Å². The Balaban J connectivity index is 2.00. The number of nitrogens with one attached hydrogen (secondary N) is 2. The fraction of sp³-hybridized carbons (Fsp3) is 0.750. The maximum absolute atomic E-state index is 5.52. The Kier molecular flexibility index (Phi) is 5.07. The van der Waals surface area contributed by atoms with Crippen LogP contribution in [0.5, 0.6) is 6.01 Å². The van der Waals surface area contributed by atoms with E-state index in [4.69, 9.17) is 4.74 Å². The number of ether oxygens (including phenoxy) is 1. The van der Waals surface area contributed by atoms with E-state index in [0.717, 1.165) is 6.54 Å². The molecule has 6 nitrogen and oxygen atoms in total. The summed E-state index contributed by atoms with van der Waals surface area (Å²) in [5.74, 6) is 4.27. The quantitative estimate of drug-likeness (QED) is 0.825. The van der Waals surface area contributed by atoms with Crippen molar-refractivity contribution in [3.8, 4) is 6.01 Å². The van der Waals surface area contributed by atoms with E-state index < -0.39 is 0 Å². The summed E-state index contributed by atoms with van der Waals surface area (Å²) in [7, 11) is 1.78. The van der Waals surface area contributed by atoms with Gasteiger partial charge in [0.15, 0.2) is 0 Å². The third-order valence-corrected chi connectivity index (χ3v) is 3.98. The molecule has 0 aromatic carbocycles. The highest BCUT2D eigenvalue weighted by Crippen LogP contribution is 2.23. The van der Waals surface area contributed by atoms with E-state index in [1.165, 1.54) is 17.9 Å². The standard InChI is InChI=1S/C12H21N5OS/c1-8(2)18-12-16-10(13-3)15-11(17-12)14-6-9-4-5-19-7-9/h8-9H,4-7H2,1-3H3,(H2,13,14,15,16,17). The van der Waals surface area contributed by atoms with Crippen LogP contribution >= 0.6 is 11.8 Å². The fourth-order valence-corrected chi connectivity index (χ4v) is 3.08. The lowest BCUT2D eigenvalue weighted by Crippen LogP contribution is -2.17. The molecule has 1 aliphatic heterocycles. The van der Waals surface area contributed by atoms with E-state index in [0.29, 0.717) is 23.8 Å². The molecular formula is C12H21N5OS. The normalized spacial score (nSPS) is 18.6. The van der Waals surface area contributed by atoms with E-state index in [-0.39, 0.29) is 6.10 Å². The minimum absolute atomic E-state index is 0.0474. The first-order chi connectivity index (χ1) is 9.17. The predicted octanol–water partition coefficient (Wildman–Crippen LogP) is 1.87. The third-order valence-electron chi connectivity index (χ3n) is 2.75. The van der Waals surface area contributed by atoms with Gasteiger partial charge >= 0.3 is 6.01 Å². The van der Waals surface area contributed by atoms with Crippen LogP contribution in [0, 0.1) is 5.92 Å². The molecule has 19 heavy (non-hydrogen) atoms. The van der Waals surface area contributed by atoms with Crippen LogP contribution in [0.15, 0.2) is 0 Å². The number of hydrogen-bond acceptors (Lipinski definition) is 7. The molecule has 2 rings (SSSR count). The average Bonchev–Trinajstić information content (AvgIpc) is 2.88. The topological polar surface area (TPSA) is 72.0 Å². The molecule has 1 unspecified atom stereocenters. The molecule has 0 amide bonds. The zero-order valence-corrected chi connectivity index (χ0v) is 12.5. The second-order valence-electron chi connectivity index (χ2n) is 4.79. The maximum Gasteiger partial charge on any atom is 0.323 e. The fourth-order valence-electron chi connectivity index (χ4n) is 1.79. The molecule has 1 atom stereocenters. The van der Waals surface area contributed by atoms with Crippen LogP contribution in [0.2, 0.25) is 0 Å². The van der Waals surface area contributed by atoms with Crippen molar-refractivity contribution < 1.29 is 4.74 Å². The summed E-state index contributed by atoms with van der Waals surface area (Å²) in [4.78, 5) is 12.7. The molecular weight excluding hydrogens is 262 g/mol. The van der Waals surface area contributed by atoms with Gasteiger partial charge in [0.1, 0.15) is 0 Å². The molecule has 0 radical (unpaired) electrons. The molecule has 1 aliphatic rings. The van der Waals surface area contributed by atoms with E-state index in [2.05, 4.69) is 25.6 Å². The lowest BCUT2D eigenvalue weighted by atomic mass is 10.1. The van der Waals surface area contributed by atoms with Crippen molar-refractivity contribution in [1.82, 2.24) is 15.0 Å². The third kappa shape index (κ3) is 4.41. The highest BCUT2D eigenvalue weighted by atomic mass is 32.2. The Morgan fingerprint density at radius 2 is 2.11 bits per heavy atom. The van der Waals surface area contributed by atoms with Crippen molar-refractivity contribution in [2.24, 2.45) is 5.92 Å². The molecule has 2 N–H and O–H groups in total. The van der Waals surface area contributed by atoms with Gasteiger partial charge in [-0.05, 0) is 37.7 Å². The Labute approximate surface area is 118 Å². The Hall–Kier alpha value is -1.24. The molecule has 7 heteroatoms. The summed E-state index contributed by atoms with van der Waals surface area (Å²) in [6, 6.07) is 0.359. The minimum Gasteiger partial charge on any atom is -0.461 e. The lowest BCUT2D eigenvalue weighted by Gasteiger charge is -2.13. The summed E-state index contributed by atoms with van der Waals surface area (Å²) < 4.78 is 5.52. The summed E-state index contributed by atoms with van der Waals surface area (Å²) in [6.07, 6.45) is 1.31. The van der Waals surface area contributed by atoms with Gasteiger partial charge in [-0.25, -0.2) is 0 Å². The van der Waals surface area contributed by atoms with Gasteiger partial charge < -0.3 is 15.4 Å². The molecule has 1 fully saturated rings. The van der Waals surface area contributed by atoms with Crippen molar-refractivity contribution in [1.29, 1.82) is 0 Å². The van der Waals surface area contributed by atoms with Gasteiger partial charge in [-0.15, -0.1) is 0 Å². The molecule has 0 aliphatic carbocycles. The van der Waals surface area contributed by atoms with Crippen LogP contribution in [-0.4, -0.2) is 46.2 Å². The Morgan fingerprint density at radius 1 is 1.32 bits per heavy atom. The number of thioether (sulfide) groups is 1. The van der Waals surface area contributed by atoms with Crippen LogP contribution in [0.1, 0.15) is 20.3 Å². The first kappa shape index (κ1) is 14.2. The molecule has 1 saturated heterocycles. The van der Waals surface area contributed by atoms with Crippen molar-refractivity contribution in [3.05, 3.63) is 0 Å². The van der Waals surface area contributed by atoms with Gasteiger partial charge in [-0.3, -0.25) is 0 Å². The van der Waals surface area contributed by atoms with Gasteiger partial charge in [0.25, 0.3) is 0 Å². The van der Waals surface area contributed by atoms with E-state index in [9.17, 15) is 0 Å². The predicted molar refractivity (Wildman–Crippen MR) is 79.1 cm³/mol. The van der Waals surface area contributed by atoms with E-state index >= 15 is 0 Å². The molecule has 0 saturated carbocycles. The first-order valence-electron chi connectivity index (χ1n) is 6.59. The number of aromatic nitrogens is 3. The van der Waals surface area contributed by atoms with Gasteiger partial charge in [-0.1, -0.05) is 0 Å². The molecule has 1 aromatic heterocycles. The van der Waals surface area contributed by atoms with Crippen molar-refractivity contribution in [2.45, 2.75) is 26.4 Å². The maximum atomic E-state index is 5.52. The van der Waals surface area contributed by atoms with Crippen molar-refractivity contribution in [2.75, 3.05) is 35.7 Å². The van der Waals surface area contributed by atoms with Crippen LogP contribution in [0.25, 0.3) is 0 Å². The number of hydrogen-bond donors (Lipinski definition) is 2. The van der Waals surface area contributed by atoms with Crippen LogP contribution in [0.3, 0.4) is 0 Å². The second-order valence-corrected chi connectivity index (χ2v) is 5.94. The van der Waals surface area contributed by atoms with Crippen LogP contribution in [0.4, 0.5) is 11.9 Å². The highest BCUT2D eigenvalue weighted by Gasteiger charge is 2.16. The van der Waals surface area contributed by atoms with Gasteiger partial charge in [-0.2, -0.15) is 26.7 Å². The average molecular weight is 283 g/mol. The van der Waals surface area contributed by atoms with Crippen LogP contribution in [-0.2, 0) is 0 Å². The SMILES string of the molecule is CNc1nc(NCC2CCSC2)nc(OC(C)C)n1. The van der Waals surface area contributed by atoms with E-state index in [1.54, 1.807) is 7.05 Å². The molecule has 1 aromatic rings. The largest absolute Gasteiger partial charge is 0.461 e. The lowest BCUT2D eigenvalue weighted by molar-refractivity contribution is 0.222. The molecule has 0 bridgehead atoms. The summed E-state index contributed by atoms with van der Waals surface area (Å²) in [5, 5.41) is 6.20. The van der Waals surface area contributed by atoms with Crippen molar-refractivity contribution >= 4 is 23.7 Å². The molecule has 106 valence electrons.